The number of carbonyl (C=O) groups excluding carboxylic acids is 1. The van der Waals surface area contributed by atoms with Crippen molar-refractivity contribution < 1.29 is 9.53 Å². The molecule has 0 saturated carbocycles. The van der Waals surface area contributed by atoms with Crippen molar-refractivity contribution in [2.45, 2.75) is 6.42 Å². The predicted octanol–water partition coefficient (Wildman–Crippen LogP) is 2.53. The van der Waals surface area contributed by atoms with E-state index in [0.717, 1.165) is 33.0 Å². The molecule has 0 spiro atoms. The molecule has 1 fully saturated rings. The number of ether oxygens (including phenoxy) is 1. The first-order valence-electron chi connectivity index (χ1n) is 11.8. The normalized spacial score (nSPS) is 14.0. The average molecular weight is 598 g/mol. The van der Waals surface area contributed by atoms with Gasteiger partial charge in [0, 0.05) is 0 Å². The summed E-state index contributed by atoms with van der Waals surface area (Å²) in [6.45, 7) is 2.94. The zero-order chi connectivity index (χ0) is 25.9. The zero-order valence-corrected chi connectivity index (χ0v) is 23.4. The Balaban J connectivity index is 1.52. The monoisotopic (exact) mass is 597 g/mol. The fourth-order valence-corrected chi connectivity index (χ4v) is 7.45. The topological polar surface area (TPSA) is 87.3 Å². The zero-order valence-electron chi connectivity index (χ0n) is 20.1. The summed E-state index contributed by atoms with van der Waals surface area (Å²) in [5, 5.41) is 4.96. The molecular weight excluding hydrogens is 574 g/mol. The standard InChI is InChI=1S/C27H24AsCl2N4O3/c1-37-24-13-16(27(36)34-11-9-31-10-12-34)5-6-19(24)28-20-15-17(14-18-21(29)3-2-4-22(18)30)33-23-7-8-32-26(35)25(20)23/h2-8,13,15,31H,9-12,14H2,1H3,(H,32,35). The number of carbonyl (C=O) groups is 1. The number of piperazine rings is 1. The Kier molecular flexibility index (Phi) is 7.86. The SMILES string of the molecule is COc1cc(C(=O)N2CCNCC2)ccc1[As]c1cc(Cc2c(Cl)cccc2Cl)nc2cc[nH]c(=O)c12. The van der Waals surface area contributed by atoms with Crippen molar-refractivity contribution in [3.05, 3.63) is 91.9 Å². The Morgan fingerprint density at radius 3 is 2.57 bits per heavy atom. The van der Waals surface area contributed by atoms with Crippen molar-refractivity contribution in [3.63, 3.8) is 0 Å². The van der Waals surface area contributed by atoms with Crippen LogP contribution in [0.3, 0.4) is 0 Å². The first-order chi connectivity index (χ1) is 17.9. The van der Waals surface area contributed by atoms with Gasteiger partial charge in [0.05, 0.1) is 0 Å². The van der Waals surface area contributed by atoms with Crippen molar-refractivity contribution in [2.24, 2.45) is 0 Å². The fraction of sp³-hybridized carbons (Fsp3) is 0.222. The van der Waals surface area contributed by atoms with Crippen LogP contribution in [0.25, 0.3) is 10.9 Å². The molecule has 1 aliphatic heterocycles. The molecule has 1 saturated heterocycles. The van der Waals surface area contributed by atoms with E-state index in [1.807, 2.05) is 23.1 Å². The third-order valence-electron chi connectivity index (χ3n) is 6.25. The molecule has 3 heterocycles. The van der Waals surface area contributed by atoms with Crippen LogP contribution in [0.2, 0.25) is 10.0 Å². The Bertz CT molecular complexity index is 1520. The van der Waals surface area contributed by atoms with Crippen LogP contribution in [0.15, 0.2) is 59.5 Å². The van der Waals surface area contributed by atoms with Gasteiger partial charge >= 0.3 is 232 Å². The number of fused-ring (bicyclic) bond motifs is 1. The second kappa shape index (κ2) is 11.3. The first kappa shape index (κ1) is 25.8. The van der Waals surface area contributed by atoms with Crippen LogP contribution in [0.5, 0.6) is 5.75 Å². The van der Waals surface area contributed by atoms with Gasteiger partial charge in [-0.1, -0.05) is 0 Å². The molecule has 4 aromatic rings. The van der Waals surface area contributed by atoms with E-state index in [2.05, 4.69) is 10.3 Å². The number of nitrogens with one attached hydrogen (secondary N) is 2. The summed E-state index contributed by atoms with van der Waals surface area (Å²) in [5.74, 6) is 0.626. The first-order valence-corrected chi connectivity index (χ1v) is 14.4. The molecule has 2 N–H and O–H groups in total. The number of pyridine rings is 2. The predicted molar refractivity (Wildman–Crippen MR) is 148 cm³/mol. The minimum atomic E-state index is -0.672. The van der Waals surface area contributed by atoms with E-state index in [4.69, 9.17) is 32.9 Å². The van der Waals surface area contributed by atoms with Gasteiger partial charge in [-0.25, -0.2) is 0 Å². The summed E-state index contributed by atoms with van der Waals surface area (Å²) in [6.07, 6.45) is 2.03. The number of hydrogen-bond donors (Lipinski definition) is 2. The molecule has 1 amide bonds. The number of nitrogens with zero attached hydrogens (tertiary/aromatic N) is 2. The van der Waals surface area contributed by atoms with Crippen LogP contribution in [0.4, 0.5) is 0 Å². The van der Waals surface area contributed by atoms with Gasteiger partial charge in [-0.15, -0.1) is 0 Å². The third kappa shape index (κ3) is 5.55. The van der Waals surface area contributed by atoms with Crippen molar-refractivity contribution >= 4 is 64.5 Å². The van der Waals surface area contributed by atoms with Crippen LogP contribution in [-0.4, -0.2) is 69.8 Å². The van der Waals surface area contributed by atoms with Gasteiger partial charge in [-0.2, -0.15) is 0 Å². The van der Waals surface area contributed by atoms with Crippen molar-refractivity contribution in [1.82, 2.24) is 20.2 Å². The second-order valence-corrected chi connectivity index (χ2v) is 11.9. The van der Waals surface area contributed by atoms with E-state index in [1.54, 1.807) is 43.6 Å². The van der Waals surface area contributed by atoms with Gasteiger partial charge in [-0.3, -0.25) is 0 Å². The van der Waals surface area contributed by atoms with Gasteiger partial charge in [0.25, 0.3) is 0 Å². The number of rotatable bonds is 6. The summed E-state index contributed by atoms with van der Waals surface area (Å²) >= 11 is 12.2. The number of methoxy groups -OCH3 is 1. The number of H-pyrrole nitrogens is 1. The Morgan fingerprint density at radius 1 is 1.08 bits per heavy atom. The number of aromatic nitrogens is 2. The van der Waals surface area contributed by atoms with E-state index in [9.17, 15) is 9.59 Å². The molecule has 0 unspecified atom stereocenters. The van der Waals surface area contributed by atoms with E-state index in [0.29, 0.717) is 51.8 Å². The summed E-state index contributed by atoms with van der Waals surface area (Å²) in [6, 6.07) is 14.7. The quantitative estimate of drug-likeness (QED) is 0.334. The summed E-state index contributed by atoms with van der Waals surface area (Å²) < 4.78 is 7.54. The van der Waals surface area contributed by atoms with Gasteiger partial charge in [0.15, 0.2) is 0 Å². The van der Waals surface area contributed by atoms with E-state index in [1.165, 1.54) is 0 Å². The number of halogens is 2. The summed E-state index contributed by atoms with van der Waals surface area (Å²) in [7, 11) is 1.60. The molecular formula is C27H24AsCl2N4O3. The third-order valence-corrected chi connectivity index (χ3v) is 9.49. The molecule has 0 bridgehead atoms. The molecule has 2 aromatic carbocycles. The number of hydrogen-bond acceptors (Lipinski definition) is 5. The molecule has 0 aliphatic carbocycles. The number of aromatic amines is 1. The summed E-state index contributed by atoms with van der Waals surface area (Å²) in [5.41, 5.74) is 2.57. The van der Waals surface area contributed by atoms with Gasteiger partial charge in [0.1, 0.15) is 0 Å². The van der Waals surface area contributed by atoms with Crippen molar-refractivity contribution in [3.8, 4) is 5.75 Å². The van der Waals surface area contributed by atoms with E-state index >= 15 is 0 Å². The second-order valence-electron chi connectivity index (χ2n) is 8.62. The maximum atomic E-state index is 13.0. The molecule has 1 radical (unpaired) electrons. The Morgan fingerprint density at radius 2 is 1.84 bits per heavy atom. The van der Waals surface area contributed by atoms with Crippen LogP contribution in [0.1, 0.15) is 21.6 Å². The number of benzene rings is 2. The van der Waals surface area contributed by atoms with Crippen LogP contribution >= 0.6 is 23.2 Å². The fourth-order valence-electron chi connectivity index (χ4n) is 4.37. The Labute approximate surface area is 230 Å². The van der Waals surface area contributed by atoms with Crippen LogP contribution in [0, 0.1) is 0 Å². The van der Waals surface area contributed by atoms with E-state index < -0.39 is 15.8 Å². The molecule has 37 heavy (non-hydrogen) atoms. The van der Waals surface area contributed by atoms with Gasteiger partial charge in [0.2, 0.25) is 0 Å². The minimum absolute atomic E-state index is 0.00712. The van der Waals surface area contributed by atoms with Gasteiger partial charge in [-0.05, 0) is 0 Å². The number of amides is 1. The molecule has 7 nitrogen and oxygen atoms in total. The van der Waals surface area contributed by atoms with Crippen molar-refractivity contribution in [2.75, 3.05) is 33.3 Å². The van der Waals surface area contributed by atoms with Crippen LogP contribution in [-0.2, 0) is 6.42 Å². The molecule has 1 aliphatic rings. The van der Waals surface area contributed by atoms with Gasteiger partial charge < -0.3 is 0 Å². The molecule has 0 atom stereocenters. The van der Waals surface area contributed by atoms with E-state index in [-0.39, 0.29) is 11.5 Å². The summed E-state index contributed by atoms with van der Waals surface area (Å²) in [4.78, 5) is 35.2. The van der Waals surface area contributed by atoms with Crippen LogP contribution < -0.4 is 24.3 Å². The van der Waals surface area contributed by atoms with Crippen molar-refractivity contribution in [1.29, 1.82) is 0 Å². The average Bonchev–Trinajstić information content (AvgIpc) is 2.91. The molecule has 10 heteroatoms. The molecule has 5 rings (SSSR count). The molecule has 189 valence electrons. The Hall–Kier alpha value is -2.83. The maximum absolute atomic E-state index is 13.0. The molecule has 2 aromatic heterocycles.